The predicted molar refractivity (Wildman–Crippen MR) is 159 cm³/mol. The van der Waals surface area contributed by atoms with Crippen molar-refractivity contribution < 1.29 is 29.0 Å². The Labute approximate surface area is 248 Å². The van der Waals surface area contributed by atoms with Gasteiger partial charge >= 0.3 is 4.87 Å². The lowest BCUT2D eigenvalue weighted by molar-refractivity contribution is -0.122. The molecule has 1 aromatic heterocycles. The number of nitrogens with zero attached hydrogens (tertiary/aromatic N) is 1. The van der Waals surface area contributed by atoms with Gasteiger partial charge < -0.3 is 24.9 Å². The normalized spacial score (nSPS) is 19.3. The number of rotatable bonds is 8. The van der Waals surface area contributed by atoms with Gasteiger partial charge in [0.1, 0.15) is 11.0 Å². The zero-order chi connectivity index (χ0) is 29.4. The molecule has 2 aliphatic rings. The van der Waals surface area contributed by atoms with Crippen LogP contribution in [0, 0.1) is 5.92 Å². The van der Waals surface area contributed by atoms with Crippen molar-refractivity contribution in [3.8, 4) is 17.2 Å². The number of para-hydroxylation sites is 1. The van der Waals surface area contributed by atoms with Crippen LogP contribution in [0.3, 0.4) is 0 Å². The first-order valence-corrected chi connectivity index (χ1v) is 14.8. The fourth-order valence-electron chi connectivity index (χ4n) is 5.20. The van der Waals surface area contributed by atoms with E-state index in [0.29, 0.717) is 44.9 Å². The first kappa shape index (κ1) is 27.6. The topological polar surface area (TPSA) is 138 Å². The summed E-state index contributed by atoms with van der Waals surface area (Å²) < 4.78 is 11.6. The smallest absolute Gasteiger partial charge is 0.305 e. The second kappa shape index (κ2) is 11.4. The summed E-state index contributed by atoms with van der Waals surface area (Å²) in [6, 6.07) is 20.0. The van der Waals surface area contributed by atoms with Gasteiger partial charge in [-0.2, -0.15) is 0 Å². The van der Waals surface area contributed by atoms with Gasteiger partial charge in [0, 0.05) is 16.5 Å². The average Bonchev–Trinajstić information content (AvgIpc) is 3.48. The number of nitrogens with one attached hydrogen (secondary N) is 2. The van der Waals surface area contributed by atoms with Crippen LogP contribution in [0.1, 0.15) is 23.3 Å². The fraction of sp³-hybridized carbons (Fsp3) is 0.200. The van der Waals surface area contributed by atoms with E-state index in [1.54, 1.807) is 54.6 Å². The number of anilines is 2. The van der Waals surface area contributed by atoms with Crippen molar-refractivity contribution >= 4 is 52.2 Å². The molecular formula is C30H25N3O7S2. The third-order valence-corrected chi connectivity index (χ3v) is 9.38. The quantitative estimate of drug-likeness (QED) is 0.200. The van der Waals surface area contributed by atoms with Crippen LogP contribution in [0.2, 0.25) is 0 Å². The number of thioether (sulfide) groups is 1. The van der Waals surface area contributed by atoms with Gasteiger partial charge in [-0.15, -0.1) is 0 Å². The van der Waals surface area contributed by atoms with E-state index in [2.05, 4.69) is 10.3 Å². The summed E-state index contributed by atoms with van der Waals surface area (Å²) in [6.07, 6.45) is 0. The number of aromatic nitrogens is 1. The lowest BCUT2D eigenvalue weighted by Crippen LogP contribution is -2.32. The number of thiazole rings is 1. The molecule has 4 aromatic rings. The van der Waals surface area contributed by atoms with E-state index < -0.39 is 23.0 Å². The third kappa shape index (κ3) is 5.14. The average molecular weight is 604 g/mol. The molecule has 0 spiro atoms. The van der Waals surface area contributed by atoms with Crippen LogP contribution in [0.5, 0.6) is 17.2 Å². The lowest BCUT2D eigenvalue weighted by Gasteiger charge is -2.30. The summed E-state index contributed by atoms with van der Waals surface area (Å²) in [5.74, 6) is -1.60. The van der Waals surface area contributed by atoms with E-state index in [0.717, 1.165) is 11.3 Å². The minimum atomic E-state index is -0.737. The Hall–Kier alpha value is -4.55. The number of hydrogen-bond donors (Lipinski definition) is 3. The van der Waals surface area contributed by atoms with Crippen LogP contribution in [-0.2, 0) is 14.4 Å². The van der Waals surface area contributed by atoms with Crippen LogP contribution in [0.4, 0.5) is 11.4 Å². The zero-order valence-electron chi connectivity index (χ0n) is 22.2. The molecule has 0 bridgehead atoms. The number of carbonyl (C=O) groups excluding carboxylic acids is 3. The van der Waals surface area contributed by atoms with Crippen molar-refractivity contribution in [3.63, 3.8) is 0 Å². The highest BCUT2D eigenvalue weighted by molar-refractivity contribution is 8.00. The van der Waals surface area contributed by atoms with E-state index in [4.69, 9.17) is 9.47 Å². The van der Waals surface area contributed by atoms with Crippen LogP contribution >= 0.6 is 23.1 Å². The Morgan fingerprint density at radius 2 is 1.74 bits per heavy atom. The summed E-state index contributed by atoms with van der Waals surface area (Å²) in [6.45, 7) is 1.83. The van der Waals surface area contributed by atoms with Crippen molar-refractivity contribution in [3.05, 3.63) is 92.9 Å². The number of H-pyrrole nitrogens is 1. The van der Waals surface area contributed by atoms with Crippen molar-refractivity contribution in [1.82, 2.24) is 4.98 Å². The van der Waals surface area contributed by atoms with Crippen LogP contribution in [0.15, 0.2) is 82.6 Å². The molecule has 3 aromatic carbocycles. The number of ether oxygens (including phenoxy) is 2. The van der Waals surface area contributed by atoms with Gasteiger partial charge in [0.15, 0.2) is 18.1 Å². The molecule has 0 aliphatic carbocycles. The number of benzene rings is 3. The maximum atomic E-state index is 13.9. The zero-order valence-corrected chi connectivity index (χ0v) is 23.9. The highest BCUT2D eigenvalue weighted by atomic mass is 32.2. The van der Waals surface area contributed by atoms with Crippen LogP contribution in [0.25, 0.3) is 0 Å². The summed E-state index contributed by atoms with van der Waals surface area (Å²) in [4.78, 5) is 56.8. The number of aromatic hydroxyl groups is 1. The molecular weight excluding hydrogens is 578 g/mol. The summed E-state index contributed by atoms with van der Waals surface area (Å²) >= 11 is 2.24. The largest absolute Gasteiger partial charge is 0.508 e. The van der Waals surface area contributed by atoms with Crippen molar-refractivity contribution in [1.29, 1.82) is 0 Å². The summed E-state index contributed by atoms with van der Waals surface area (Å²) in [5, 5.41) is 12.0. The molecule has 3 heterocycles. The van der Waals surface area contributed by atoms with Gasteiger partial charge in [-0.3, -0.25) is 19.2 Å². The van der Waals surface area contributed by atoms with Crippen molar-refractivity contribution in [2.24, 2.45) is 5.92 Å². The Kier molecular flexibility index (Phi) is 7.48. The standard InChI is InChI=1S/C30H25N3O7S2/c1-2-39-21-14-16(8-13-20(21)40-15-22(35)31-17-9-11-19(34)12-10-17)23-24-26(41-27-25(23)42-30(38)32-27)29(37)33(28(24)36)18-6-4-3-5-7-18/h3-14,23-24,26,34H,2,15H2,1H3,(H,31,35)(H,32,38)/t23-,24-,26+/m0/s1. The first-order valence-electron chi connectivity index (χ1n) is 13.1. The van der Waals surface area contributed by atoms with E-state index in [-0.39, 0.29) is 29.0 Å². The van der Waals surface area contributed by atoms with Gasteiger partial charge in [0.05, 0.1) is 23.2 Å². The molecule has 42 heavy (non-hydrogen) atoms. The molecule has 3 atom stereocenters. The van der Waals surface area contributed by atoms with E-state index in [1.165, 1.54) is 28.8 Å². The molecule has 12 heteroatoms. The van der Waals surface area contributed by atoms with Gasteiger partial charge in [0.25, 0.3) is 5.91 Å². The number of imide groups is 1. The van der Waals surface area contributed by atoms with Gasteiger partial charge in [-0.25, -0.2) is 4.90 Å². The molecule has 10 nitrogen and oxygen atoms in total. The Morgan fingerprint density at radius 3 is 2.48 bits per heavy atom. The van der Waals surface area contributed by atoms with Crippen molar-refractivity contribution in [2.45, 2.75) is 23.1 Å². The number of fused-ring (bicyclic) bond motifs is 2. The highest BCUT2D eigenvalue weighted by Gasteiger charge is 2.56. The van der Waals surface area contributed by atoms with Gasteiger partial charge in [0.2, 0.25) is 11.8 Å². The minimum Gasteiger partial charge on any atom is -0.508 e. The Morgan fingerprint density at radius 1 is 0.976 bits per heavy atom. The number of carbonyl (C=O) groups is 3. The number of phenols is 1. The molecule has 3 N–H and O–H groups in total. The molecule has 1 fully saturated rings. The fourth-order valence-corrected chi connectivity index (χ4v) is 7.71. The molecule has 3 amide bonds. The molecule has 0 radical (unpaired) electrons. The van der Waals surface area contributed by atoms with Crippen molar-refractivity contribution in [2.75, 3.05) is 23.4 Å². The van der Waals surface area contributed by atoms with Gasteiger partial charge in [-0.05, 0) is 61.0 Å². The van der Waals surface area contributed by atoms with E-state index in [9.17, 15) is 24.3 Å². The molecule has 214 valence electrons. The molecule has 0 saturated carbocycles. The van der Waals surface area contributed by atoms with Gasteiger partial charge in [-0.1, -0.05) is 47.4 Å². The number of hydrogen-bond acceptors (Lipinski definition) is 9. The maximum absolute atomic E-state index is 13.9. The maximum Gasteiger partial charge on any atom is 0.305 e. The number of amides is 3. The minimum absolute atomic E-state index is 0.0871. The third-order valence-electron chi connectivity index (χ3n) is 6.97. The second-order valence-corrected chi connectivity index (χ2v) is 11.8. The highest BCUT2D eigenvalue weighted by Crippen LogP contribution is 2.53. The molecule has 6 rings (SSSR count). The van der Waals surface area contributed by atoms with Crippen LogP contribution < -0.4 is 24.6 Å². The summed E-state index contributed by atoms with van der Waals surface area (Å²) in [7, 11) is 0. The summed E-state index contributed by atoms with van der Waals surface area (Å²) in [5.41, 5.74) is 1.69. The first-order chi connectivity index (χ1) is 20.3. The Balaban J connectivity index is 1.31. The molecule has 2 aliphatic heterocycles. The predicted octanol–water partition coefficient (Wildman–Crippen LogP) is 4.35. The lowest BCUT2D eigenvalue weighted by atomic mass is 9.83. The Bertz CT molecular complexity index is 1720. The molecule has 0 unspecified atom stereocenters. The number of aromatic amines is 1. The number of phenolic OH excluding ortho intramolecular Hbond substituents is 1. The molecule has 1 saturated heterocycles. The van der Waals surface area contributed by atoms with E-state index >= 15 is 0 Å². The second-order valence-electron chi connectivity index (χ2n) is 9.62. The monoisotopic (exact) mass is 603 g/mol. The van der Waals surface area contributed by atoms with E-state index in [1.807, 2.05) is 13.0 Å². The SMILES string of the molecule is CCOc1cc([C@@H]2c3sc(=O)[nH]c3S[C@H]3C(=O)N(c4ccccc4)C(=O)[C@@H]23)ccc1OCC(=O)Nc1ccc(O)cc1. The van der Waals surface area contributed by atoms with Crippen LogP contribution in [-0.4, -0.2) is 46.3 Å².